The predicted molar refractivity (Wildman–Crippen MR) is 59.5 cm³/mol. The molecule has 1 aromatic carbocycles. The summed E-state index contributed by atoms with van der Waals surface area (Å²) in [5.74, 6) is 0.417. The smallest absolute Gasteiger partial charge is 0.295 e. The van der Waals surface area contributed by atoms with Crippen LogP contribution in [-0.4, -0.2) is 24.7 Å². The summed E-state index contributed by atoms with van der Waals surface area (Å²) in [5, 5.41) is 10.6. The molecule has 0 saturated heterocycles. The van der Waals surface area contributed by atoms with Crippen molar-refractivity contribution in [1.82, 2.24) is 0 Å². The average molecular weight is 226 g/mol. The van der Waals surface area contributed by atoms with E-state index in [-0.39, 0.29) is 11.4 Å². The molecule has 6 heteroatoms. The van der Waals surface area contributed by atoms with Crippen molar-refractivity contribution in [3.8, 4) is 5.75 Å². The van der Waals surface area contributed by atoms with Crippen LogP contribution in [-0.2, 0) is 4.74 Å². The van der Waals surface area contributed by atoms with E-state index in [9.17, 15) is 10.1 Å². The minimum atomic E-state index is -0.537. The molecule has 0 aromatic heterocycles. The molecule has 0 atom stereocenters. The summed E-state index contributed by atoms with van der Waals surface area (Å²) < 4.78 is 10.3. The van der Waals surface area contributed by atoms with Crippen molar-refractivity contribution >= 4 is 11.4 Å². The van der Waals surface area contributed by atoms with E-state index in [0.717, 1.165) is 0 Å². The number of nitrogens with two attached hydrogens (primary N) is 1. The van der Waals surface area contributed by atoms with Crippen molar-refractivity contribution in [2.45, 2.75) is 6.92 Å². The highest BCUT2D eigenvalue weighted by Gasteiger charge is 2.12. The van der Waals surface area contributed by atoms with Crippen LogP contribution in [0.5, 0.6) is 5.75 Å². The van der Waals surface area contributed by atoms with E-state index in [2.05, 4.69) is 0 Å². The molecule has 0 bridgehead atoms. The van der Waals surface area contributed by atoms with Crippen LogP contribution in [0.15, 0.2) is 18.2 Å². The molecule has 0 unspecified atom stereocenters. The molecule has 0 saturated carbocycles. The first-order valence-corrected chi connectivity index (χ1v) is 4.89. The van der Waals surface area contributed by atoms with E-state index >= 15 is 0 Å². The number of nitro groups is 1. The molecule has 0 aliphatic heterocycles. The third kappa shape index (κ3) is 3.39. The Kier molecular flexibility index (Phi) is 4.53. The summed E-state index contributed by atoms with van der Waals surface area (Å²) in [6, 6.07) is 4.35. The summed E-state index contributed by atoms with van der Waals surface area (Å²) in [5.41, 5.74) is 5.43. The van der Waals surface area contributed by atoms with Crippen molar-refractivity contribution in [3.05, 3.63) is 28.3 Å². The molecule has 0 fully saturated rings. The van der Waals surface area contributed by atoms with Crippen LogP contribution in [0, 0.1) is 10.1 Å². The van der Waals surface area contributed by atoms with E-state index in [4.69, 9.17) is 15.2 Å². The number of nitro benzene ring substituents is 1. The second-order valence-corrected chi connectivity index (χ2v) is 3.02. The number of hydrogen-bond donors (Lipinski definition) is 1. The maximum Gasteiger partial charge on any atom is 0.295 e. The van der Waals surface area contributed by atoms with Gasteiger partial charge in [0, 0.05) is 6.61 Å². The highest BCUT2D eigenvalue weighted by atomic mass is 16.6. The Morgan fingerprint density at radius 1 is 1.44 bits per heavy atom. The third-order valence-electron chi connectivity index (χ3n) is 1.90. The summed E-state index contributed by atoms with van der Waals surface area (Å²) >= 11 is 0. The van der Waals surface area contributed by atoms with Crippen LogP contribution in [0.3, 0.4) is 0 Å². The molecular formula is C10H14N2O4. The van der Waals surface area contributed by atoms with Gasteiger partial charge in [0.15, 0.2) is 0 Å². The molecule has 2 N–H and O–H groups in total. The predicted octanol–water partition coefficient (Wildman–Crippen LogP) is 1.59. The van der Waals surface area contributed by atoms with Gasteiger partial charge < -0.3 is 15.2 Å². The Labute approximate surface area is 93.1 Å². The van der Waals surface area contributed by atoms with Crippen molar-refractivity contribution in [3.63, 3.8) is 0 Å². The Bertz CT molecular complexity index is 368. The summed E-state index contributed by atoms with van der Waals surface area (Å²) in [7, 11) is 0. The zero-order valence-corrected chi connectivity index (χ0v) is 9.01. The number of hydrogen-bond acceptors (Lipinski definition) is 5. The first-order chi connectivity index (χ1) is 7.65. The second-order valence-electron chi connectivity index (χ2n) is 3.02. The van der Waals surface area contributed by atoms with Crippen LogP contribution >= 0.6 is 0 Å². The fraction of sp³-hybridized carbons (Fsp3) is 0.400. The fourth-order valence-corrected chi connectivity index (χ4v) is 1.13. The van der Waals surface area contributed by atoms with Crippen molar-refractivity contribution in [2.75, 3.05) is 25.6 Å². The zero-order chi connectivity index (χ0) is 12.0. The minimum absolute atomic E-state index is 0.127. The van der Waals surface area contributed by atoms with Crippen LogP contribution < -0.4 is 10.5 Å². The van der Waals surface area contributed by atoms with Gasteiger partial charge in [-0.2, -0.15) is 0 Å². The van der Waals surface area contributed by atoms with E-state index in [1.54, 1.807) is 6.07 Å². The molecule has 88 valence electrons. The van der Waals surface area contributed by atoms with Crippen LogP contribution in [0.4, 0.5) is 11.4 Å². The molecular weight excluding hydrogens is 212 g/mol. The average Bonchev–Trinajstić information content (AvgIpc) is 2.26. The van der Waals surface area contributed by atoms with Crippen LogP contribution in [0.25, 0.3) is 0 Å². The van der Waals surface area contributed by atoms with Gasteiger partial charge in [-0.3, -0.25) is 10.1 Å². The van der Waals surface area contributed by atoms with Gasteiger partial charge in [-0.05, 0) is 19.1 Å². The highest BCUT2D eigenvalue weighted by Crippen LogP contribution is 2.26. The topological polar surface area (TPSA) is 87.6 Å². The van der Waals surface area contributed by atoms with Gasteiger partial charge in [-0.25, -0.2) is 0 Å². The molecule has 1 rings (SSSR count). The molecule has 0 aliphatic carbocycles. The molecule has 16 heavy (non-hydrogen) atoms. The Morgan fingerprint density at radius 2 is 2.19 bits per heavy atom. The van der Waals surface area contributed by atoms with Crippen LogP contribution in [0.1, 0.15) is 6.92 Å². The summed E-state index contributed by atoms with van der Waals surface area (Å²) in [4.78, 5) is 10.1. The Balaban J connectivity index is 2.61. The van der Waals surface area contributed by atoms with E-state index in [1.807, 2.05) is 6.92 Å². The quantitative estimate of drug-likeness (QED) is 0.344. The van der Waals surface area contributed by atoms with Crippen LogP contribution in [0.2, 0.25) is 0 Å². The maximum atomic E-state index is 10.6. The molecule has 0 spiro atoms. The highest BCUT2D eigenvalue weighted by molar-refractivity contribution is 5.60. The largest absolute Gasteiger partial charge is 0.491 e. The molecule has 0 radical (unpaired) electrons. The van der Waals surface area contributed by atoms with Gasteiger partial charge in [0.2, 0.25) is 0 Å². The lowest BCUT2D eigenvalue weighted by Crippen LogP contribution is -2.06. The molecule has 0 aliphatic rings. The summed E-state index contributed by atoms with van der Waals surface area (Å²) in [6.07, 6.45) is 0. The van der Waals surface area contributed by atoms with E-state index < -0.39 is 4.92 Å². The monoisotopic (exact) mass is 226 g/mol. The zero-order valence-electron chi connectivity index (χ0n) is 9.01. The van der Waals surface area contributed by atoms with Crippen molar-refractivity contribution < 1.29 is 14.4 Å². The lowest BCUT2D eigenvalue weighted by molar-refractivity contribution is -0.384. The first-order valence-electron chi connectivity index (χ1n) is 4.89. The number of rotatable bonds is 6. The van der Waals surface area contributed by atoms with Gasteiger partial charge in [-0.1, -0.05) is 0 Å². The van der Waals surface area contributed by atoms with Crippen molar-refractivity contribution in [2.24, 2.45) is 0 Å². The van der Waals surface area contributed by atoms with Crippen molar-refractivity contribution in [1.29, 1.82) is 0 Å². The number of anilines is 1. The van der Waals surface area contributed by atoms with Gasteiger partial charge in [-0.15, -0.1) is 0 Å². The number of nitrogen functional groups attached to an aromatic ring is 1. The second kappa shape index (κ2) is 5.92. The van der Waals surface area contributed by atoms with Gasteiger partial charge in [0.1, 0.15) is 18.0 Å². The third-order valence-corrected chi connectivity index (χ3v) is 1.90. The lowest BCUT2D eigenvalue weighted by atomic mass is 10.2. The molecule has 6 nitrogen and oxygen atoms in total. The molecule has 0 amide bonds. The Hall–Kier alpha value is -1.82. The minimum Gasteiger partial charge on any atom is -0.491 e. The lowest BCUT2D eigenvalue weighted by Gasteiger charge is -2.06. The number of benzene rings is 1. The first kappa shape index (κ1) is 12.3. The molecule has 1 aromatic rings. The number of ether oxygens (including phenoxy) is 2. The summed E-state index contributed by atoms with van der Waals surface area (Å²) in [6.45, 7) is 3.31. The van der Waals surface area contributed by atoms with Gasteiger partial charge in [0.05, 0.1) is 17.6 Å². The SMILES string of the molecule is CCOCCOc1ccc(N)c([N+](=O)[O-])c1. The van der Waals surface area contributed by atoms with E-state index in [1.165, 1.54) is 12.1 Å². The normalized spacial score (nSPS) is 10.1. The van der Waals surface area contributed by atoms with E-state index in [0.29, 0.717) is 25.6 Å². The number of nitrogens with zero attached hydrogens (tertiary/aromatic N) is 1. The van der Waals surface area contributed by atoms with Gasteiger partial charge >= 0.3 is 0 Å². The fourth-order valence-electron chi connectivity index (χ4n) is 1.13. The van der Waals surface area contributed by atoms with Gasteiger partial charge in [0.25, 0.3) is 5.69 Å². The molecule has 0 heterocycles. The Morgan fingerprint density at radius 3 is 2.81 bits per heavy atom. The standard InChI is InChI=1S/C10H14N2O4/c1-2-15-5-6-16-8-3-4-9(11)10(7-8)12(13)14/h3-4,7H,2,5-6,11H2,1H3. The maximum absolute atomic E-state index is 10.6.